The van der Waals surface area contributed by atoms with E-state index in [9.17, 15) is 14.7 Å². The Labute approximate surface area is 223 Å². The predicted molar refractivity (Wildman–Crippen MR) is 144 cm³/mol. The van der Waals surface area contributed by atoms with Crippen LogP contribution in [0.2, 0.25) is 0 Å². The first kappa shape index (κ1) is 23.7. The van der Waals surface area contributed by atoms with E-state index in [1.54, 1.807) is 17.6 Å². The van der Waals surface area contributed by atoms with E-state index in [2.05, 4.69) is 0 Å². The molecule has 4 aromatic rings. The molecule has 0 saturated heterocycles. The van der Waals surface area contributed by atoms with Crippen molar-refractivity contribution in [3.05, 3.63) is 80.6 Å². The molecule has 5 heterocycles. The van der Waals surface area contributed by atoms with Gasteiger partial charge in [-0.05, 0) is 61.1 Å². The Kier molecular flexibility index (Phi) is 5.21. The van der Waals surface area contributed by atoms with E-state index in [-0.39, 0.29) is 25.4 Å². The van der Waals surface area contributed by atoms with Crippen molar-refractivity contribution in [2.75, 3.05) is 12.5 Å². The molecular formula is C30H27N3O6. The summed E-state index contributed by atoms with van der Waals surface area (Å²) in [7, 11) is 0. The second kappa shape index (κ2) is 8.57. The van der Waals surface area contributed by atoms with Gasteiger partial charge in [0.1, 0.15) is 6.61 Å². The van der Waals surface area contributed by atoms with Crippen molar-refractivity contribution in [3.63, 3.8) is 0 Å². The van der Waals surface area contributed by atoms with E-state index < -0.39 is 11.6 Å². The maximum atomic E-state index is 13.7. The van der Waals surface area contributed by atoms with Crippen LogP contribution in [0.15, 0.2) is 47.3 Å². The van der Waals surface area contributed by atoms with Gasteiger partial charge in [0.15, 0.2) is 17.1 Å². The molecule has 1 atom stereocenters. The smallest absolute Gasteiger partial charge is 0.343 e. The summed E-state index contributed by atoms with van der Waals surface area (Å²) in [5.41, 5.74) is 10.3. The third-order valence-corrected chi connectivity index (χ3v) is 8.17. The molecule has 39 heavy (non-hydrogen) atoms. The number of ether oxygens (including phenoxy) is 3. The fourth-order valence-corrected chi connectivity index (χ4v) is 5.99. The average molecular weight is 526 g/mol. The molecule has 0 unspecified atom stereocenters. The molecule has 0 bridgehead atoms. The highest BCUT2D eigenvalue weighted by Gasteiger charge is 2.45. The molecule has 2 aromatic carbocycles. The van der Waals surface area contributed by atoms with Gasteiger partial charge in [0.2, 0.25) is 6.79 Å². The van der Waals surface area contributed by atoms with Crippen LogP contribution in [-0.2, 0) is 41.1 Å². The zero-order valence-corrected chi connectivity index (χ0v) is 21.5. The number of hydrogen-bond donors (Lipinski definition) is 2. The highest BCUT2D eigenvalue weighted by atomic mass is 16.7. The van der Waals surface area contributed by atoms with Crippen molar-refractivity contribution in [1.82, 2.24) is 9.55 Å². The average Bonchev–Trinajstić information content (AvgIpc) is 3.55. The second-order valence-corrected chi connectivity index (χ2v) is 10.3. The van der Waals surface area contributed by atoms with Gasteiger partial charge >= 0.3 is 5.97 Å². The second-order valence-electron chi connectivity index (χ2n) is 10.3. The van der Waals surface area contributed by atoms with E-state index in [1.807, 2.05) is 36.4 Å². The number of pyridine rings is 2. The molecule has 0 amide bonds. The first-order valence-corrected chi connectivity index (χ1v) is 13.1. The Hall–Kier alpha value is -4.37. The van der Waals surface area contributed by atoms with Crippen molar-refractivity contribution in [1.29, 1.82) is 0 Å². The number of hydrogen-bond acceptors (Lipinski definition) is 8. The standard InChI is InChI=1S/C30H27N3O6/c1-2-30(36)22-11-24-27-20(13-33(24)28(34)21(22)14-37-29(30)35)18(5-3-4-16-6-8-17(31)9-7-16)19-10-25-26(39-15-38-25)12-23(19)32-27/h6-12,36H,2-5,13-15,31H2,1H3/t30-/m0/s1. The number of carbonyl (C=O) groups is 1. The van der Waals surface area contributed by atoms with Gasteiger partial charge in [-0.3, -0.25) is 4.79 Å². The zero-order chi connectivity index (χ0) is 26.9. The van der Waals surface area contributed by atoms with Gasteiger partial charge in [-0.15, -0.1) is 0 Å². The lowest BCUT2D eigenvalue weighted by molar-refractivity contribution is -0.172. The number of benzene rings is 2. The maximum Gasteiger partial charge on any atom is 0.343 e. The molecule has 2 aromatic heterocycles. The SMILES string of the molecule is CC[C@@]1(O)C(=O)OCc2c1cc1n(c2=O)Cc2c-1nc1cc3c(cc1c2CCCc1ccc(N)cc1)OCO3. The van der Waals surface area contributed by atoms with Crippen molar-refractivity contribution < 1.29 is 24.1 Å². The van der Waals surface area contributed by atoms with Crippen LogP contribution in [0, 0.1) is 0 Å². The molecule has 0 fully saturated rings. The van der Waals surface area contributed by atoms with Gasteiger partial charge < -0.3 is 29.6 Å². The summed E-state index contributed by atoms with van der Waals surface area (Å²) in [6.45, 7) is 2.05. The highest BCUT2D eigenvalue weighted by molar-refractivity contribution is 5.91. The fraction of sp³-hybridized carbons (Fsp3) is 0.300. The first-order valence-electron chi connectivity index (χ1n) is 13.1. The number of anilines is 1. The third kappa shape index (κ3) is 3.53. The van der Waals surface area contributed by atoms with Crippen molar-refractivity contribution in [2.24, 2.45) is 0 Å². The normalized spacial score (nSPS) is 18.6. The lowest BCUT2D eigenvalue weighted by atomic mass is 9.86. The molecular weight excluding hydrogens is 498 g/mol. The molecule has 7 rings (SSSR count). The van der Waals surface area contributed by atoms with Crippen LogP contribution in [-0.4, -0.2) is 27.4 Å². The van der Waals surface area contributed by atoms with Crippen molar-refractivity contribution >= 4 is 22.6 Å². The Morgan fingerprint density at radius 1 is 1.03 bits per heavy atom. The zero-order valence-electron chi connectivity index (χ0n) is 21.5. The number of aromatic nitrogens is 2. The molecule has 3 aliphatic heterocycles. The first-order chi connectivity index (χ1) is 18.9. The quantitative estimate of drug-likeness (QED) is 0.264. The molecule has 3 aliphatic rings. The lowest BCUT2D eigenvalue weighted by Crippen LogP contribution is -2.44. The van der Waals surface area contributed by atoms with E-state index >= 15 is 0 Å². The van der Waals surface area contributed by atoms with Crippen LogP contribution in [0.25, 0.3) is 22.3 Å². The third-order valence-electron chi connectivity index (χ3n) is 8.17. The lowest BCUT2D eigenvalue weighted by Gasteiger charge is -2.31. The largest absolute Gasteiger partial charge is 0.458 e. The minimum Gasteiger partial charge on any atom is -0.458 e. The maximum absolute atomic E-state index is 13.7. The summed E-state index contributed by atoms with van der Waals surface area (Å²) in [4.78, 5) is 31.2. The minimum atomic E-state index is -1.87. The molecule has 9 heteroatoms. The topological polar surface area (TPSA) is 126 Å². The van der Waals surface area contributed by atoms with Crippen LogP contribution in [0.4, 0.5) is 5.69 Å². The van der Waals surface area contributed by atoms with E-state index in [4.69, 9.17) is 24.9 Å². The van der Waals surface area contributed by atoms with Crippen LogP contribution in [0.1, 0.15) is 47.6 Å². The van der Waals surface area contributed by atoms with Crippen molar-refractivity contribution in [3.8, 4) is 22.9 Å². The summed E-state index contributed by atoms with van der Waals surface area (Å²) in [5.74, 6) is 0.574. The number of aryl methyl sites for hydroxylation is 2. The Balaban J connectivity index is 1.38. The molecule has 0 spiro atoms. The number of nitrogens with two attached hydrogens (primary N) is 1. The summed E-state index contributed by atoms with van der Waals surface area (Å²) in [6.07, 6.45) is 2.60. The van der Waals surface area contributed by atoms with Crippen molar-refractivity contribution in [2.45, 2.75) is 51.4 Å². The number of esters is 1. The minimum absolute atomic E-state index is 0.0968. The van der Waals surface area contributed by atoms with Gasteiger partial charge in [0.25, 0.3) is 5.56 Å². The number of rotatable bonds is 5. The summed E-state index contributed by atoms with van der Waals surface area (Å²) in [6, 6.07) is 13.5. The fourth-order valence-electron chi connectivity index (χ4n) is 5.99. The van der Waals surface area contributed by atoms with E-state index in [0.29, 0.717) is 40.6 Å². The number of nitrogens with zero attached hydrogens (tertiary/aromatic N) is 2. The number of nitrogen functional groups attached to an aromatic ring is 1. The molecule has 198 valence electrons. The highest BCUT2D eigenvalue weighted by Crippen LogP contribution is 2.43. The van der Waals surface area contributed by atoms with Crippen LogP contribution >= 0.6 is 0 Å². The summed E-state index contributed by atoms with van der Waals surface area (Å²) in [5, 5.41) is 12.2. The summed E-state index contributed by atoms with van der Waals surface area (Å²) < 4.78 is 18.2. The molecule has 0 radical (unpaired) electrons. The van der Waals surface area contributed by atoms with Gasteiger partial charge in [0.05, 0.1) is 29.0 Å². The number of carbonyl (C=O) groups excluding carboxylic acids is 1. The summed E-state index contributed by atoms with van der Waals surface area (Å²) >= 11 is 0. The van der Waals surface area contributed by atoms with Gasteiger partial charge in [-0.25, -0.2) is 9.78 Å². The number of fused-ring (bicyclic) bond motifs is 6. The Morgan fingerprint density at radius 2 is 1.79 bits per heavy atom. The van der Waals surface area contributed by atoms with E-state index in [1.165, 1.54) is 5.56 Å². The van der Waals surface area contributed by atoms with Crippen LogP contribution in [0.5, 0.6) is 11.5 Å². The molecule has 3 N–H and O–H groups in total. The Bertz CT molecular complexity index is 1740. The van der Waals surface area contributed by atoms with Gasteiger partial charge in [-0.1, -0.05) is 19.1 Å². The van der Waals surface area contributed by atoms with Crippen LogP contribution in [0.3, 0.4) is 0 Å². The predicted octanol–water partition coefficient (Wildman–Crippen LogP) is 3.57. The Morgan fingerprint density at radius 3 is 2.56 bits per heavy atom. The number of cyclic esters (lactones) is 1. The molecule has 0 aliphatic carbocycles. The number of aliphatic hydroxyl groups is 1. The van der Waals surface area contributed by atoms with E-state index in [0.717, 1.165) is 47.0 Å². The molecule has 0 saturated carbocycles. The molecule has 9 nitrogen and oxygen atoms in total. The van der Waals surface area contributed by atoms with Crippen LogP contribution < -0.4 is 20.8 Å². The monoisotopic (exact) mass is 525 g/mol. The van der Waals surface area contributed by atoms with Gasteiger partial charge in [0, 0.05) is 28.3 Å². The van der Waals surface area contributed by atoms with Gasteiger partial charge in [-0.2, -0.15) is 0 Å².